The van der Waals surface area contributed by atoms with Crippen LogP contribution >= 0.6 is 35.6 Å². The number of nitrogens with zero attached hydrogens (tertiary/aromatic N) is 2. The second-order valence-corrected chi connectivity index (χ2v) is 6.95. The molecule has 3 nitrogen and oxygen atoms in total. The van der Waals surface area contributed by atoms with Gasteiger partial charge in [0.2, 0.25) is 0 Å². The lowest BCUT2D eigenvalue weighted by molar-refractivity contribution is 0.441. The highest BCUT2D eigenvalue weighted by Crippen LogP contribution is 2.42. The van der Waals surface area contributed by atoms with E-state index in [1.54, 1.807) is 0 Å². The Bertz CT molecular complexity index is 536. The molecule has 2 aliphatic carbocycles. The number of rotatable bonds is 4. The van der Waals surface area contributed by atoms with Crippen molar-refractivity contribution in [2.75, 3.05) is 13.6 Å². The summed E-state index contributed by atoms with van der Waals surface area (Å²) in [5.74, 6) is 0.686. The van der Waals surface area contributed by atoms with Crippen LogP contribution in [0.25, 0.3) is 0 Å². The number of halogens is 2. The fourth-order valence-electron chi connectivity index (χ4n) is 3.40. The van der Waals surface area contributed by atoms with Crippen molar-refractivity contribution in [1.29, 1.82) is 0 Å². The monoisotopic (exact) mass is 433 g/mol. The van der Waals surface area contributed by atoms with Gasteiger partial charge < -0.3 is 10.6 Å². The molecule has 2 N–H and O–H groups in total. The molecule has 122 valence electrons. The summed E-state index contributed by atoms with van der Waals surface area (Å²) in [6, 6.07) is 8.88. The summed E-state index contributed by atoms with van der Waals surface area (Å²) in [7, 11) is 2.05. The first kappa shape index (κ1) is 17.9. The van der Waals surface area contributed by atoms with Gasteiger partial charge >= 0.3 is 0 Å². The van der Waals surface area contributed by atoms with Crippen molar-refractivity contribution in [1.82, 2.24) is 4.90 Å². The first-order valence-electron chi connectivity index (χ1n) is 7.90. The summed E-state index contributed by atoms with van der Waals surface area (Å²) >= 11 is 6.18. The molecule has 0 atom stereocenters. The Hall–Kier alpha value is -0.490. The maximum absolute atomic E-state index is 6.18. The SMILES string of the molecule is CN(C(N)=NCC1(c2cccc(Cl)c2)CCCC1)C1CC1.I. The van der Waals surface area contributed by atoms with E-state index in [1.165, 1.54) is 44.1 Å². The zero-order chi connectivity index (χ0) is 14.9. The number of aliphatic imine (C=N–C) groups is 1. The van der Waals surface area contributed by atoms with Crippen LogP contribution in [0.1, 0.15) is 44.1 Å². The first-order chi connectivity index (χ1) is 10.1. The van der Waals surface area contributed by atoms with Crippen molar-refractivity contribution in [3.8, 4) is 0 Å². The largest absolute Gasteiger partial charge is 0.370 e. The summed E-state index contributed by atoms with van der Waals surface area (Å²) in [6.45, 7) is 0.774. The molecule has 5 heteroatoms. The standard InChI is InChI=1S/C17H24ClN3.HI/c1-21(15-7-8-15)16(19)20-12-17(9-2-3-10-17)13-5-4-6-14(18)11-13;/h4-6,11,15H,2-3,7-10,12H2,1H3,(H2,19,20);1H. The molecule has 0 aliphatic heterocycles. The average molecular weight is 434 g/mol. The molecule has 1 aromatic carbocycles. The topological polar surface area (TPSA) is 41.6 Å². The predicted molar refractivity (Wildman–Crippen MR) is 104 cm³/mol. The Labute approximate surface area is 155 Å². The van der Waals surface area contributed by atoms with E-state index >= 15 is 0 Å². The van der Waals surface area contributed by atoms with Gasteiger partial charge in [-0.1, -0.05) is 36.6 Å². The van der Waals surface area contributed by atoms with Crippen LogP contribution in [0.4, 0.5) is 0 Å². The molecule has 2 saturated carbocycles. The van der Waals surface area contributed by atoms with Crippen LogP contribution in [-0.4, -0.2) is 30.5 Å². The van der Waals surface area contributed by atoms with Gasteiger partial charge in [-0.25, -0.2) is 0 Å². The van der Waals surface area contributed by atoms with E-state index in [0.717, 1.165) is 11.6 Å². The Morgan fingerprint density at radius 3 is 2.64 bits per heavy atom. The Morgan fingerprint density at radius 2 is 2.05 bits per heavy atom. The van der Waals surface area contributed by atoms with Crippen molar-refractivity contribution >= 4 is 41.5 Å². The zero-order valence-electron chi connectivity index (χ0n) is 13.1. The third-order valence-electron chi connectivity index (χ3n) is 5.00. The molecule has 0 aromatic heterocycles. The third kappa shape index (κ3) is 3.88. The van der Waals surface area contributed by atoms with Crippen LogP contribution in [0.15, 0.2) is 29.3 Å². The Morgan fingerprint density at radius 1 is 1.36 bits per heavy atom. The first-order valence-corrected chi connectivity index (χ1v) is 8.27. The number of guanidine groups is 1. The van der Waals surface area contributed by atoms with Crippen LogP contribution < -0.4 is 5.73 Å². The molecular formula is C17H25ClIN3. The molecule has 0 radical (unpaired) electrons. The van der Waals surface area contributed by atoms with E-state index < -0.39 is 0 Å². The summed E-state index contributed by atoms with van der Waals surface area (Å²) in [5, 5.41) is 0.811. The molecular weight excluding hydrogens is 409 g/mol. The van der Waals surface area contributed by atoms with Crippen LogP contribution in [0.2, 0.25) is 5.02 Å². The third-order valence-corrected chi connectivity index (χ3v) is 5.23. The maximum atomic E-state index is 6.18. The lowest BCUT2D eigenvalue weighted by Crippen LogP contribution is -2.37. The van der Waals surface area contributed by atoms with Crippen molar-refractivity contribution in [3.05, 3.63) is 34.9 Å². The van der Waals surface area contributed by atoms with Gasteiger partial charge in [0.05, 0.1) is 6.54 Å². The zero-order valence-corrected chi connectivity index (χ0v) is 16.2. The van der Waals surface area contributed by atoms with Crippen molar-refractivity contribution in [2.24, 2.45) is 10.7 Å². The van der Waals surface area contributed by atoms with Gasteiger partial charge in [-0.05, 0) is 43.4 Å². The maximum Gasteiger partial charge on any atom is 0.191 e. The lowest BCUT2D eigenvalue weighted by Gasteiger charge is -2.29. The minimum atomic E-state index is 0. The van der Waals surface area contributed by atoms with Crippen LogP contribution in [0.3, 0.4) is 0 Å². The molecule has 0 saturated heterocycles. The van der Waals surface area contributed by atoms with Crippen LogP contribution in [0.5, 0.6) is 0 Å². The molecule has 2 fully saturated rings. The molecule has 3 rings (SSSR count). The highest BCUT2D eigenvalue weighted by molar-refractivity contribution is 14.0. The van der Waals surface area contributed by atoms with Gasteiger partial charge in [-0.15, -0.1) is 24.0 Å². The minimum Gasteiger partial charge on any atom is -0.370 e. The number of hydrogen-bond acceptors (Lipinski definition) is 1. The molecule has 2 aliphatic rings. The molecule has 0 bridgehead atoms. The average Bonchev–Trinajstić information content (AvgIpc) is 3.22. The number of hydrogen-bond donors (Lipinski definition) is 1. The molecule has 0 spiro atoms. The van der Waals surface area contributed by atoms with E-state index in [2.05, 4.69) is 24.1 Å². The van der Waals surface area contributed by atoms with E-state index in [4.69, 9.17) is 22.3 Å². The fourth-order valence-corrected chi connectivity index (χ4v) is 3.59. The van der Waals surface area contributed by atoms with E-state index in [9.17, 15) is 0 Å². The molecule has 0 heterocycles. The minimum absolute atomic E-state index is 0. The number of nitrogens with two attached hydrogens (primary N) is 1. The quantitative estimate of drug-likeness (QED) is 0.440. The smallest absolute Gasteiger partial charge is 0.191 e. The number of benzene rings is 1. The van der Waals surface area contributed by atoms with Crippen LogP contribution in [0, 0.1) is 0 Å². The van der Waals surface area contributed by atoms with Crippen LogP contribution in [-0.2, 0) is 5.41 Å². The summed E-state index contributed by atoms with van der Waals surface area (Å²) in [5.41, 5.74) is 7.60. The predicted octanol–water partition coefficient (Wildman–Crippen LogP) is 4.18. The summed E-state index contributed by atoms with van der Waals surface area (Å²) in [6.07, 6.45) is 7.37. The molecule has 0 unspecified atom stereocenters. The normalized spacial score (nSPS) is 20.5. The van der Waals surface area contributed by atoms with Crippen molar-refractivity contribution in [2.45, 2.75) is 50.0 Å². The Kier molecular flexibility index (Phi) is 6.00. The van der Waals surface area contributed by atoms with E-state index in [1.807, 2.05) is 12.1 Å². The van der Waals surface area contributed by atoms with Gasteiger partial charge in [0.15, 0.2) is 5.96 Å². The molecule has 1 aromatic rings. The summed E-state index contributed by atoms with van der Waals surface area (Å²) < 4.78 is 0. The van der Waals surface area contributed by atoms with Gasteiger partial charge in [0, 0.05) is 23.5 Å². The van der Waals surface area contributed by atoms with Crippen molar-refractivity contribution < 1.29 is 0 Å². The molecule has 22 heavy (non-hydrogen) atoms. The van der Waals surface area contributed by atoms with E-state index in [0.29, 0.717) is 12.0 Å². The second-order valence-electron chi connectivity index (χ2n) is 6.51. The van der Waals surface area contributed by atoms with Gasteiger partial charge in [-0.2, -0.15) is 0 Å². The van der Waals surface area contributed by atoms with E-state index in [-0.39, 0.29) is 29.4 Å². The van der Waals surface area contributed by atoms with Gasteiger partial charge in [0.25, 0.3) is 0 Å². The fraction of sp³-hybridized carbons (Fsp3) is 0.588. The summed E-state index contributed by atoms with van der Waals surface area (Å²) in [4.78, 5) is 6.85. The highest BCUT2D eigenvalue weighted by atomic mass is 127. The highest BCUT2D eigenvalue weighted by Gasteiger charge is 2.36. The Balaban J connectivity index is 0.00000176. The van der Waals surface area contributed by atoms with Crippen molar-refractivity contribution in [3.63, 3.8) is 0 Å². The lowest BCUT2D eigenvalue weighted by atomic mass is 9.79. The molecule has 0 amide bonds. The van der Waals surface area contributed by atoms with Gasteiger partial charge in [-0.3, -0.25) is 4.99 Å². The second kappa shape index (κ2) is 7.39. The van der Waals surface area contributed by atoms with Gasteiger partial charge in [0.1, 0.15) is 0 Å².